The number of piperazine rings is 1. The molecule has 21 heavy (non-hydrogen) atoms. The molecule has 2 fully saturated rings. The summed E-state index contributed by atoms with van der Waals surface area (Å²) in [5.41, 5.74) is 1.67. The van der Waals surface area contributed by atoms with Crippen LogP contribution in [0.5, 0.6) is 0 Å². The van der Waals surface area contributed by atoms with Gasteiger partial charge in [0.15, 0.2) is 0 Å². The summed E-state index contributed by atoms with van der Waals surface area (Å²) in [5.74, 6) is 0.339. The highest BCUT2D eigenvalue weighted by Crippen LogP contribution is 2.28. The average Bonchev–Trinajstić information content (AvgIpc) is 2.94. The maximum Gasteiger partial charge on any atom is 0.243 e. The van der Waals surface area contributed by atoms with Gasteiger partial charge < -0.3 is 0 Å². The zero-order valence-electron chi connectivity index (χ0n) is 12.3. The van der Waals surface area contributed by atoms with E-state index in [0.29, 0.717) is 29.9 Å². The Hall–Kier alpha value is -0.620. The van der Waals surface area contributed by atoms with Crippen LogP contribution in [0.3, 0.4) is 0 Å². The van der Waals surface area contributed by atoms with Crippen molar-refractivity contribution < 1.29 is 8.42 Å². The highest BCUT2D eigenvalue weighted by atomic mass is 35.5. The standard InChI is InChI=1S/C15H21ClN2O2S/c1-12-13(10-16)4-2-6-15(12)21(19,20)18-9-8-17-7-3-5-14(17)11-18/h2,4,6,14H,3,5,7-11H2,1H3. The lowest BCUT2D eigenvalue weighted by Gasteiger charge is -2.36. The number of rotatable bonds is 3. The number of fused-ring (bicyclic) bond motifs is 1. The van der Waals surface area contributed by atoms with E-state index in [1.165, 1.54) is 6.42 Å². The van der Waals surface area contributed by atoms with Crippen molar-refractivity contribution in [1.29, 1.82) is 0 Å². The third-order valence-electron chi connectivity index (χ3n) is 4.71. The zero-order valence-corrected chi connectivity index (χ0v) is 13.8. The van der Waals surface area contributed by atoms with E-state index >= 15 is 0 Å². The number of alkyl halides is 1. The van der Waals surface area contributed by atoms with Crippen LogP contribution in [0.25, 0.3) is 0 Å². The lowest BCUT2D eigenvalue weighted by molar-refractivity contribution is 0.158. The molecular weight excluding hydrogens is 308 g/mol. The normalized spacial score (nSPS) is 24.2. The quantitative estimate of drug-likeness (QED) is 0.799. The summed E-state index contributed by atoms with van der Waals surface area (Å²) in [5, 5.41) is 0. The average molecular weight is 329 g/mol. The van der Waals surface area contributed by atoms with Crippen LogP contribution in [0.2, 0.25) is 0 Å². The van der Waals surface area contributed by atoms with Gasteiger partial charge in [-0.15, -0.1) is 11.6 Å². The van der Waals surface area contributed by atoms with Gasteiger partial charge in [-0.2, -0.15) is 4.31 Å². The van der Waals surface area contributed by atoms with E-state index in [2.05, 4.69) is 4.90 Å². The van der Waals surface area contributed by atoms with Crippen LogP contribution >= 0.6 is 11.6 Å². The number of benzene rings is 1. The van der Waals surface area contributed by atoms with Gasteiger partial charge in [-0.05, 0) is 43.5 Å². The topological polar surface area (TPSA) is 40.6 Å². The molecule has 0 radical (unpaired) electrons. The molecule has 0 N–H and O–H groups in total. The molecule has 1 unspecified atom stereocenters. The molecule has 2 saturated heterocycles. The second kappa shape index (κ2) is 5.88. The smallest absolute Gasteiger partial charge is 0.243 e. The van der Waals surface area contributed by atoms with Gasteiger partial charge in [0.2, 0.25) is 10.0 Å². The summed E-state index contributed by atoms with van der Waals surface area (Å²) in [6.07, 6.45) is 2.28. The van der Waals surface area contributed by atoms with Gasteiger partial charge >= 0.3 is 0 Å². The Balaban J connectivity index is 1.90. The Kier molecular flexibility index (Phi) is 4.28. The summed E-state index contributed by atoms with van der Waals surface area (Å²) < 4.78 is 27.5. The van der Waals surface area contributed by atoms with Gasteiger partial charge in [0.05, 0.1) is 4.90 Å². The fraction of sp³-hybridized carbons (Fsp3) is 0.600. The zero-order chi connectivity index (χ0) is 15.0. The lowest BCUT2D eigenvalue weighted by Crippen LogP contribution is -2.52. The molecule has 2 heterocycles. The Morgan fingerprint density at radius 1 is 1.29 bits per heavy atom. The van der Waals surface area contributed by atoms with Gasteiger partial charge in [0.25, 0.3) is 0 Å². The fourth-order valence-electron chi connectivity index (χ4n) is 3.40. The molecule has 0 bridgehead atoms. The van der Waals surface area contributed by atoms with Crippen molar-refractivity contribution in [2.75, 3.05) is 26.2 Å². The first-order valence-electron chi connectivity index (χ1n) is 7.42. The first-order valence-corrected chi connectivity index (χ1v) is 9.40. The van der Waals surface area contributed by atoms with E-state index in [9.17, 15) is 8.42 Å². The Morgan fingerprint density at radius 3 is 2.86 bits per heavy atom. The molecule has 0 saturated carbocycles. The number of hydrogen-bond acceptors (Lipinski definition) is 3. The van der Waals surface area contributed by atoms with Crippen molar-refractivity contribution in [1.82, 2.24) is 9.21 Å². The lowest BCUT2D eigenvalue weighted by atomic mass is 10.1. The van der Waals surface area contributed by atoms with E-state index in [0.717, 1.165) is 30.6 Å². The minimum atomic E-state index is -3.42. The van der Waals surface area contributed by atoms with Crippen molar-refractivity contribution >= 4 is 21.6 Å². The molecule has 1 aromatic rings. The first kappa shape index (κ1) is 15.3. The molecule has 4 nitrogen and oxygen atoms in total. The third kappa shape index (κ3) is 2.72. The van der Waals surface area contributed by atoms with E-state index in [1.807, 2.05) is 13.0 Å². The largest absolute Gasteiger partial charge is 0.298 e. The molecule has 1 aromatic carbocycles. The summed E-state index contributed by atoms with van der Waals surface area (Å²) >= 11 is 5.90. The van der Waals surface area contributed by atoms with Gasteiger partial charge in [-0.25, -0.2) is 8.42 Å². The van der Waals surface area contributed by atoms with E-state index < -0.39 is 10.0 Å². The minimum absolute atomic E-state index is 0.339. The van der Waals surface area contributed by atoms with Crippen LogP contribution in [0.15, 0.2) is 23.1 Å². The highest BCUT2D eigenvalue weighted by molar-refractivity contribution is 7.89. The molecule has 116 valence electrons. The summed E-state index contributed by atoms with van der Waals surface area (Å²) in [6, 6.07) is 5.76. The number of halogens is 1. The fourth-order valence-corrected chi connectivity index (χ4v) is 5.43. The van der Waals surface area contributed by atoms with Crippen LogP contribution in [0.1, 0.15) is 24.0 Å². The number of sulfonamides is 1. The predicted octanol–water partition coefficient (Wildman–Crippen LogP) is 2.20. The Labute approximate surface area is 131 Å². The van der Waals surface area contributed by atoms with Crippen LogP contribution < -0.4 is 0 Å². The van der Waals surface area contributed by atoms with Crippen molar-refractivity contribution in [3.05, 3.63) is 29.3 Å². The Bertz CT molecular complexity index is 633. The molecular formula is C15H21ClN2O2S. The van der Waals surface area contributed by atoms with Crippen LogP contribution in [-0.2, 0) is 15.9 Å². The molecule has 6 heteroatoms. The van der Waals surface area contributed by atoms with Crippen molar-refractivity contribution in [3.8, 4) is 0 Å². The Morgan fingerprint density at radius 2 is 2.10 bits per heavy atom. The van der Waals surface area contributed by atoms with E-state index in [4.69, 9.17) is 11.6 Å². The third-order valence-corrected chi connectivity index (χ3v) is 7.01. The predicted molar refractivity (Wildman–Crippen MR) is 84.1 cm³/mol. The molecule has 2 aliphatic rings. The second-order valence-electron chi connectivity index (χ2n) is 5.87. The maximum absolute atomic E-state index is 12.9. The summed E-state index contributed by atoms with van der Waals surface area (Å²) in [6.45, 7) is 5.00. The van der Waals surface area contributed by atoms with Crippen molar-refractivity contribution in [2.24, 2.45) is 0 Å². The van der Waals surface area contributed by atoms with Gasteiger partial charge in [-0.1, -0.05) is 12.1 Å². The number of nitrogens with zero attached hydrogens (tertiary/aromatic N) is 2. The molecule has 0 spiro atoms. The highest BCUT2D eigenvalue weighted by Gasteiger charge is 2.36. The molecule has 2 aliphatic heterocycles. The molecule has 0 aromatic heterocycles. The summed E-state index contributed by atoms with van der Waals surface area (Å²) in [7, 11) is -3.42. The number of hydrogen-bond donors (Lipinski definition) is 0. The van der Waals surface area contributed by atoms with Crippen LogP contribution in [0, 0.1) is 6.92 Å². The molecule has 3 rings (SSSR count). The van der Waals surface area contributed by atoms with Crippen molar-refractivity contribution in [3.63, 3.8) is 0 Å². The maximum atomic E-state index is 12.9. The second-order valence-corrected chi connectivity index (χ2v) is 8.04. The molecule has 0 aliphatic carbocycles. The first-order chi connectivity index (χ1) is 10.0. The molecule has 1 atom stereocenters. The van der Waals surface area contributed by atoms with Crippen LogP contribution in [-0.4, -0.2) is 49.8 Å². The van der Waals surface area contributed by atoms with Crippen LogP contribution in [0.4, 0.5) is 0 Å². The van der Waals surface area contributed by atoms with Crippen molar-refractivity contribution in [2.45, 2.75) is 36.6 Å². The summed E-state index contributed by atoms with van der Waals surface area (Å²) in [4.78, 5) is 2.82. The monoisotopic (exact) mass is 328 g/mol. The molecule has 0 amide bonds. The van der Waals surface area contributed by atoms with E-state index in [-0.39, 0.29) is 0 Å². The SMILES string of the molecule is Cc1c(CCl)cccc1S(=O)(=O)N1CCN2CCCC2C1. The van der Waals surface area contributed by atoms with Gasteiger partial charge in [-0.3, -0.25) is 4.90 Å². The van der Waals surface area contributed by atoms with Gasteiger partial charge in [0.1, 0.15) is 0 Å². The minimum Gasteiger partial charge on any atom is -0.298 e. The van der Waals surface area contributed by atoms with E-state index in [1.54, 1.807) is 16.4 Å². The van der Waals surface area contributed by atoms with Gasteiger partial charge in [0, 0.05) is 31.6 Å².